The number of fused-ring (bicyclic) bond motifs is 1. The van der Waals surface area contributed by atoms with Crippen molar-refractivity contribution < 1.29 is 9.47 Å². The third kappa shape index (κ3) is 4.53. The summed E-state index contributed by atoms with van der Waals surface area (Å²) in [5, 5.41) is 4.17. The Morgan fingerprint density at radius 1 is 1.13 bits per heavy atom. The number of aromatic nitrogens is 4. The maximum atomic E-state index is 5.58. The quantitative estimate of drug-likeness (QED) is 0.485. The predicted octanol–water partition coefficient (Wildman–Crippen LogP) is 4.17. The topological polar surface area (TPSA) is 94.4 Å². The maximum Gasteiger partial charge on any atom is 0.210 e. The fourth-order valence-corrected chi connectivity index (χ4v) is 2.90. The van der Waals surface area contributed by atoms with Crippen molar-refractivity contribution in [2.45, 2.75) is 33.7 Å². The van der Waals surface area contributed by atoms with Crippen LogP contribution in [0.4, 0.5) is 5.82 Å². The fourth-order valence-electron chi connectivity index (χ4n) is 2.90. The van der Waals surface area contributed by atoms with Crippen LogP contribution in [0, 0.1) is 6.92 Å². The minimum Gasteiger partial charge on any atom is -0.494 e. The second kappa shape index (κ2) is 9.30. The number of aliphatic imine (C=N–C) groups is 1. The molecule has 30 heavy (non-hydrogen) atoms. The normalized spacial score (nSPS) is 13.3. The van der Waals surface area contributed by atoms with E-state index in [9.17, 15) is 0 Å². The zero-order valence-electron chi connectivity index (χ0n) is 18.1. The smallest absolute Gasteiger partial charge is 0.210 e. The van der Waals surface area contributed by atoms with Crippen molar-refractivity contribution in [1.82, 2.24) is 19.9 Å². The maximum absolute atomic E-state index is 5.58. The Balaban J connectivity index is 2.08. The second-order valence-electron chi connectivity index (χ2n) is 6.83. The van der Waals surface area contributed by atoms with E-state index in [1.54, 1.807) is 26.6 Å². The molecule has 1 unspecified atom stereocenters. The van der Waals surface area contributed by atoms with E-state index in [2.05, 4.69) is 30.2 Å². The molecule has 0 aliphatic heterocycles. The van der Waals surface area contributed by atoms with Gasteiger partial charge in [0, 0.05) is 29.0 Å². The largest absolute Gasteiger partial charge is 0.494 e. The molecule has 0 radical (unpaired) electrons. The summed E-state index contributed by atoms with van der Waals surface area (Å²) >= 11 is 0. The number of anilines is 1. The average Bonchev–Trinajstić information content (AvgIpc) is 2.77. The molecule has 1 atom stereocenters. The second-order valence-corrected chi connectivity index (χ2v) is 6.83. The summed E-state index contributed by atoms with van der Waals surface area (Å²) < 4.78 is 11.1. The Labute approximate surface area is 176 Å². The molecule has 0 aliphatic carbocycles. The van der Waals surface area contributed by atoms with Crippen LogP contribution in [-0.2, 0) is 4.74 Å². The van der Waals surface area contributed by atoms with Crippen LogP contribution in [0.3, 0.4) is 0 Å². The van der Waals surface area contributed by atoms with Gasteiger partial charge >= 0.3 is 0 Å². The number of nitrogens with zero attached hydrogens (tertiary/aromatic N) is 5. The third-order valence-corrected chi connectivity index (χ3v) is 4.60. The first-order valence-corrected chi connectivity index (χ1v) is 9.60. The van der Waals surface area contributed by atoms with Crippen LogP contribution in [0.2, 0.25) is 0 Å². The highest BCUT2D eigenvalue weighted by atomic mass is 16.5. The van der Waals surface area contributed by atoms with E-state index in [4.69, 9.17) is 9.47 Å². The molecule has 3 aromatic rings. The van der Waals surface area contributed by atoms with Crippen molar-refractivity contribution in [1.29, 1.82) is 0 Å². The molecule has 0 bridgehead atoms. The lowest BCUT2D eigenvalue weighted by atomic mass is 10.1. The van der Waals surface area contributed by atoms with E-state index >= 15 is 0 Å². The van der Waals surface area contributed by atoms with Gasteiger partial charge in [0.2, 0.25) is 5.90 Å². The molecule has 0 fully saturated rings. The summed E-state index contributed by atoms with van der Waals surface area (Å²) in [7, 11) is 3.22. The minimum absolute atomic E-state index is 0.215. The van der Waals surface area contributed by atoms with Crippen LogP contribution in [0.5, 0.6) is 5.75 Å². The number of nitrogens with one attached hydrogen (secondary N) is 1. The van der Waals surface area contributed by atoms with Crippen molar-refractivity contribution in [3.8, 4) is 17.1 Å². The Kier molecular flexibility index (Phi) is 6.56. The van der Waals surface area contributed by atoms with Crippen LogP contribution in [0.1, 0.15) is 26.3 Å². The molecule has 0 spiro atoms. The number of hydrogen-bond acceptors (Lipinski definition) is 8. The first-order chi connectivity index (χ1) is 14.5. The van der Waals surface area contributed by atoms with E-state index in [-0.39, 0.29) is 6.04 Å². The van der Waals surface area contributed by atoms with Gasteiger partial charge in [-0.25, -0.2) is 24.9 Å². The van der Waals surface area contributed by atoms with Gasteiger partial charge in [-0.2, -0.15) is 0 Å². The molecule has 0 amide bonds. The summed E-state index contributed by atoms with van der Waals surface area (Å²) in [6.07, 6.45) is 6.99. The number of ether oxygens (including phenoxy) is 2. The van der Waals surface area contributed by atoms with Gasteiger partial charge in [-0.1, -0.05) is 6.08 Å². The number of aryl methyl sites for hydroxylation is 1. The first kappa shape index (κ1) is 21.2. The van der Waals surface area contributed by atoms with Gasteiger partial charge in [-0.3, -0.25) is 0 Å². The third-order valence-electron chi connectivity index (χ3n) is 4.60. The average molecular weight is 406 g/mol. The molecule has 0 saturated carbocycles. The van der Waals surface area contributed by atoms with Crippen LogP contribution in [0.15, 0.2) is 47.6 Å². The van der Waals surface area contributed by atoms with E-state index < -0.39 is 0 Å². The van der Waals surface area contributed by atoms with Crippen molar-refractivity contribution in [3.63, 3.8) is 0 Å². The highest BCUT2D eigenvalue weighted by Crippen LogP contribution is 2.33. The Morgan fingerprint density at radius 2 is 1.87 bits per heavy atom. The molecule has 0 aliphatic rings. The molecule has 0 saturated heterocycles. The van der Waals surface area contributed by atoms with Crippen LogP contribution in [0.25, 0.3) is 22.3 Å². The van der Waals surface area contributed by atoms with E-state index in [0.717, 1.165) is 22.2 Å². The van der Waals surface area contributed by atoms with Gasteiger partial charge in [-0.15, -0.1) is 0 Å². The molecular formula is C22H26N6O2. The molecular weight excluding hydrogens is 380 g/mol. The van der Waals surface area contributed by atoms with Gasteiger partial charge < -0.3 is 14.8 Å². The number of allylic oxidation sites excluding steroid dienone is 2. The molecule has 1 N–H and O–H groups in total. The SMILES string of the molecule is C/C=C(/C)N=C(OC)C(C)Nc1ncnc2c(OC)cc(-c3ncc(C)cn3)cc12. The standard InChI is InChI=1S/C22H26N6O2/c1-7-14(3)27-22(30-6)15(4)28-21-17-8-16(20-23-10-13(2)11-24-20)9-18(29-5)19(17)25-12-26-21/h7-12,15H,1-6H3,(H,25,26,28)/b14-7-,27-22?. The molecule has 3 rings (SSSR count). The first-order valence-electron chi connectivity index (χ1n) is 9.60. The Morgan fingerprint density at radius 3 is 2.50 bits per heavy atom. The van der Waals surface area contributed by atoms with Gasteiger partial charge in [-0.05, 0) is 45.4 Å². The molecule has 2 aromatic heterocycles. The molecule has 2 heterocycles. The highest BCUT2D eigenvalue weighted by Gasteiger charge is 2.17. The van der Waals surface area contributed by atoms with Crippen molar-refractivity contribution in [3.05, 3.63) is 48.2 Å². The predicted molar refractivity (Wildman–Crippen MR) is 119 cm³/mol. The van der Waals surface area contributed by atoms with Crippen LogP contribution < -0.4 is 10.1 Å². The van der Waals surface area contributed by atoms with Gasteiger partial charge in [0.05, 0.1) is 14.2 Å². The summed E-state index contributed by atoms with van der Waals surface area (Å²) in [4.78, 5) is 22.2. The van der Waals surface area contributed by atoms with Crippen molar-refractivity contribution in [2.24, 2.45) is 4.99 Å². The number of rotatable bonds is 6. The molecule has 1 aromatic carbocycles. The summed E-state index contributed by atoms with van der Waals surface area (Å²) in [6, 6.07) is 3.62. The molecule has 156 valence electrons. The van der Waals surface area contributed by atoms with Crippen LogP contribution >= 0.6 is 0 Å². The Bertz CT molecular complexity index is 1090. The zero-order chi connectivity index (χ0) is 21.7. The van der Waals surface area contributed by atoms with Gasteiger partial charge in [0.1, 0.15) is 29.5 Å². The van der Waals surface area contributed by atoms with Crippen molar-refractivity contribution in [2.75, 3.05) is 19.5 Å². The van der Waals surface area contributed by atoms with E-state index in [1.165, 1.54) is 6.33 Å². The van der Waals surface area contributed by atoms with Crippen molar-refractivity contribution >= 4 is 22.6 Å². The summed E-state index contributed by atoms with van der Waals surface area (Å²) in [5.41, 5.74) is 3.37. The lowest BCUT2D eigenvalue weighted by Crippen LogP contribution is -2.28. The fraction of sp³-hybridized carbons (Fsp3) is 0.318. The van der Waals surface area contributed by atoms with Gasteiger partial charge in [0.15, 0.2) is 5.82 Å². The molecule has 8 nitrogen and oxygen atoms in total. The van der Waals surface area contributed by atoms with E-state index in [0.29, 0.717) is 28.8 Å². The zero-order valence-corrected chi connectivity index (χ0v) is 18.1. The lowest BCUT2D eigenvalue weighted by Gasteiger charge is -2.18. The Hall–Kier alpha value is -3.55. The number of hydrogen-bond donors (Lipinski definition) is 1. The minimum atomic E-state index is -0.215. The lowest BCUT2D eigenvalue weighted by molar-refractivity contribution is 0.387. The highest BCUT2D eigenvalue weighted by molar-refractivity contribution is 5.97. The van der Waals surface area contributed by atoms with Crippen LogP contribution in [-0.4, -0.2) is 46.1 Å². The van der Waals surface area contributed by atoms with Gasteiger partial charge in [0.25, 0.3) is 0 Å². The summed E-state index contributed by atoms with van der Waals surface area (Å²) in [6.45, 7) is 7.77. The number of methoxy groups -OCH3 is 2. The van der Waals surface area contributed by atoms with E-state index in [1.807, 2.05) is 45.9 Å². The summed E-state index contributed by atoms with van der Waals surface area (Å²) in [5.74, 6) is 2.42. The molecule has 8 heteroatoms. The number of benzene rings is 1. The monoisotopic (exact) mass is 406 g/mol.